The molecule has 1 aromatic rings. The number of likely N-dealkylation sites (tertiary alicyclic amines) is 1. The van der Waals surface area contributed by atoms with Crippen LogP contribution in [0.4, 0.5) is 0 Å². The highest BCUT2D eigenvalue weighted by Gasteiger charge is 2.35. The number of carbonyl (C=O) groups is 1. The SMILES string of the molecule is Cc1ccsc1C(=O)N1CCC2CNCC2C1. The molecule has 1 N–H and O–H groups in total. The van der Waals surface area contributed by atoms with Gasteiger partial charge in [-0.3, -0.25) is 4.79 Å². The third kappa shape index (κ3) is 2.00. The zero-order valence-electron chi connectivity index (χ0n) is 10.1. The smallest absolute Gasteiger partial charge is 0.264 e. The molecule has 0 saturated carbocycles. The third-order valence-corrected chi connectivity index (χ3v) is 5.05. The Labute approximate surface area is 106 Å². The zero-order chi connectivity index (χ0) is 11.8. The van der Waals surface area contributed by atoms with Gasteiger partial charge in [-0.15, -0.1) is 11.3 Å². The second-order valence-electron chi connectivity index (χ2n) is 5.15. The highest BCUT2D eigenvalue weighted by molar-refractivity contribution is 7.12. The van der Waals surface area contributed by atoms with E-state index in [0.717, 1.165) is 49.0 Å². The van der Waals surface area contributed by atoms with Gasteiger partial charge in [-0.25, -0.2) is 0 Å². The molecular formula is C13H18N2OS. The van der Waals surface area contributed by atoms with Crippen molar-refractivity contribution in [1.29, 1.82) is 0 Å². The van der Waals surface area contributed by atoms with Gasteiger partial charge in [0.25, 0.3) is 5.91 Å². The molecule has 0 spiro atoms. The predicted molar refractivity (Wildman–Crippen MR) is 69.4 cm³/mol. The Morgan fingerprint density at radius 3 is 3.06 bits per heavy atom. The van der Waals surface area contributed by atoms with E-state index in [1.807, 2.05) is 23.3 Å². The van der Waals surface area contributed by atoms with Crippen molar-refractivity contribution in [3.8, 4) is 0 Å². The zero-order valence-corrected chi connectivity index (χ0v) is 10.9. The molecule has 1 amide bonds. The van der Waals surface area contributed by atoms with Crippen molar-refractivity contribution in [3.05, 3.63) is 21.9 Å². The van der Waals surface area contributed by atoms with Gasteiger partial charge in [0.05, 0.1) is 4.88 Å². The van der Waals surface area contributed by atoms with Gasteiger partial charge >= 0.3 is 0 Å². The summed E-state index contributed by atoms with van der Waals surface area (Å²) in [5, 5.41) is 5.44. The summed E-state index contributed by atoms with van der Waals surface area (Å²) in [4.78, 5) is 15.4. The number of piperidine rings is 1. The summed E-state index contributed by atoms with van der Waals surface area (Å²) in [5.74, 6) is 1.71. The quantitative estimate of drug-likeness (QED) is 0.823. The Hall–Kier alpha value is -0.870. The number of carbonyl (C=O) groups excluding carboxylic acids is 1. The molecule has 4 heteroatoms. The van der Waals surface area contributed by atoms with E-state index in [9.17, 15) is 4.79 Å². The Bertz CT molecular complexity index is 429. The van der Waals surface area contributed by atoms with E-state index in [0.29, 0.717) is 5.92 Å². The number of nitrogens with one attached hydrogen (secondary N) is 1. The van der Waals surface area contributed by atoms with Crippen LogP contribution in [0.25, 0.3) is 0 Å². The van der Waals surface area contributed by atoms with Crippen molar-refractivity contribution in [2.45, 2.75) is 13.3 Å². The normalized spacial score (nSPS) is 28.2. The van der Waals surface area contributed by atoms with Gasteiger partial charge in [0.2, 0.25) is 0 Å². The molecule has 2 saturated heterocycles. The largest absolute Gasteiger partial charge is 0.338 e. The number of nitrogens with zero attached hydrogens (tertiary/aromatic N) is 1. The van der Waals surface area contributed by atoms with Crippen LogP contribution in [0, 0.1) is 18.8 Å². The number of amides is 1. The van der Waals surface area contributed by atoms with Gasteiger partial charge in [-0.1, -0.05) is 0 Å². The van der Waals surface area contributed by atoms with Crippen LogP contribution in [-0.4, -0.2) is 37.0 Å². The Morgan fingerprint density at radius 1 is 1.47 bits per heavy atom. The van der Waals surface area contributed by atoms with Crippen molar-refractivity contribution in [3.63, 3.8) is 0 Å². The average molecular weight is 250 g/mol. The number of hydrogen-bond acceptors (Lipinski definition) is 3. The average Bonchev–Trinajstić information content (AvgIpc) is 2.95. The minimum absolute atomic E-state index is 0.239. The van der Waals surface area contributed by atoms with Crippen molar-refractivity contribution in [2.24, 2.45) is 11.8 Å². The molecule has 17 heavy (non-hydrogen) atoms. The van der Waals surface area contributed by atoms with E-state index in [-0.39, 0.29) is 5.91 Å². The molecule has 0 bridgehead atoms. The monoisotopic (exact) mass is 250 g/mol. The van der Waals surface area contributed by atoms with Crippen LogP contribution in [0.1, 0.15) is 21.7 Å². The Kier molecular flexibility index (Phi) is 2.92. The lowest BCUT2D eigenvalue weighted by Crippen LogP contribution is -2.43. The van der Waals surface area contributed by atoms with Gasteiger partial charge in [-0.2, -0.15) is 0 Å². The highest BCUT2D eigenvalue weighted by atomic mass is 32.1. The van der Waals surface area contributed by atoms with Gasteiger partial charge < -0.3 is 10.2 Å². The van der Waals surface area contributed by atoms with E-state index in [2.05, 4.69) is 5.32 Å². The molecule has 3 heterocycles. The fourth-order valence-electron chi connectivity index (χ4n) is 2.95. The number of fused-ring (bicyclic) bond motifs is 1. The van der Waals surface area contributed by atoms with E-state index >= 15 is 0 Å². The first kappa shape index (κ1) is 11.2. The van der Waals surface area contributed by atoms with Crippen LogP contribution in [-0.2, 0) is 0 Å². The van der Waals surface area contributed by atoms with Crippen LogP contribution in [0.3, 0.4) is 0 Å². The molecule has 92 valence electrons. The molecule has 2 aliphatic heterocycles. The molecule has 2 atom stereocenters. The lowest BCUT2D eigenvalue weighted by molar-refractivity contribution is 0.0647. The van der Waals surface area contributed by atoms with Gasteiger partial charge in [-0.05, 0) is 55.3 Å². The van der Waals surface area contributed by atoms with Crippen molar-refractivity contribution in [2.75, 3.05) is 26.2 Å². The van der Waals surface area contributed by atoms with Crippen LogP contribution in [0.5, 0.6) is 0 Å². The number of hydrogen-bond donors (Lipinski definition) is 1. The number of thiophene rings is 1. The van der Waals surface area contributed by atoms with E-state index in [4.69, 9.17) is 0 Å². The fraction of sp³-hybridized carbons (Fsp3) is 0.615. The summed E-state index contributed by atoms with van der Waals surface area (Å²) >= 11 is 1.57. The molecule has 3 nitrogen and oxygen atoms in total. The second kappa shape index (κ2) is 4.42. The Morgan fingerprint density at radius 2 is 2.29 bits per heavy atom. The van der Waals surface area contributed by atoms with Crippen LogP contribution >= 0.6 is 11.3 Å². The minimum Gasteiger partial charge on any atom is -0.338 e. The van der Waals surface area contributed by atoms with Crippen molar-refractivity contribution in [1.82, 2.24) is 10.2 Å². The molecule has 0 aliphatic carbocycles. The number of rotatable bonds is 1. The van der Waals surface area contributed by atoms with E-state index < -0.39 is 0 Å². The summed E-state index contributed by atoms with van der Waals surface area (Å²) in [5.41, 5.74) is 1.12. The van der Waals surface area contributed by atoms with Crippen LogP contribution < -0.4 is 5.32 Å². The molecule has 1 aromatic heterocycles. The molecule has 3 rings (SSSR count). The Balaban J connectivity index is 1.73. The van der Waals surface area contributed by atoms with Gasteiger partial charge in [0, 0.05) is 13.1 Å². The summed E-state index contributed by atoms with van der Waals surface area (Å²) in [7, 11) is 0. The molecular weight excluding hydrogens is 232 g/mol. The molecule has 0 aromatic carbocycles. The molecule has 2 aliphatic rings. The molecule has 0 radical (unpaired) electrons. The minimum atomic E-state index is 0.239. The van der Waals surface area contributed by atoms with E-state index in [1.54, 1.807) is 11.3 Å². The van der Waals surface area contributed by atoms with Gasteiger partial charge in [0.15, 0.2) is 0 Å². The van der Waals surface area contributed by atoms with Crippen molar-refractivity contribution >= 4 is 17.2 Å². The summed E-state index contributed by atoms with van der Waals surface area (Å²) in [6, 6.07) is 2.03. The van der Waals surface area contributed by atoms with Crippen LogP contribution in [0.2, 0.25) is 0 Å². The van der Waals surface area contributed by atoms with Crippen LogP contribution in [0.15, 0.2) is 11.4 Å². The highest BCUT2D eigenvalue weighted by Crippen LogP contribution is 2.28. The number of aryl methyl sites for hydroxylation is 1. The first-order valence-electron chi connectivity index (χ1n) is 6.30. The van der Waals surface area contributed by atoms with E-state index in [1.165, 1.54) is 0 Å². The van der Waals surface area contributed by atoms with Gasteiger partial charge in [0.1, 0.15) is 0 Å². The third-order valence-electron chi connectivity index (χ3n) is 4.05. The summed E-state index contributed by atoms with van der Waals surface area (Å²) < 4.78 is 0. The van der Waals surface area contributed by atoms with Crippen molar-refractivity contribution < 1.29 is 4.79 Å². The fourth-order valence-corrected chi connectivity index (χ4v) is 3.85. The lowest BCUT2D eigenvalue weighted by atomic mass is 9.88. The predicted octanol–water partition coefficient (Wildman–Crippen LogP) is 1.74. The maximum atomic E-state index is 12.4. The lowest BCUT2D eigenvalue weighted by Gasteiger charge is -2.34. The maximum absolute atomic E-state index is 12.4. The second-order valence-corrected chi connectivity index (χ2v) is 6.07. The first-order valence-corrected chi connectivity index (χ1v) is 7.18. The standard InChI is InChI=1S/C13H18N2OS/c1-9-3-5-17-12(9)13(16)15-4-2-10-6-14-7-11(10)8-15/h3,5,10-11,14H,2,4,6-8H2,1H3. The topological polar surface area (TPSA) is 32.3 Å². The molecule has 2 unspecified atom stereocenters. The summed E-state index contributed by atoms with van der Waals surface area (Å²) in [6.45, 7) is 6.11. The molecule has 2 fully saturated rings. The summed E-state index contributed by atoms with van der Waals surface area (Å²) in [6.07, 6.45) is 1.16. The maximum Gasteiger partial charge on any atom is 0.264 e. The first-order chi connectivity index (χ1) is 8.25.